The fourth-order valence-electron chi connectivity index (χ4n) is 2.08. The van der Waals surface area contributed by atoms with Crippen molar-refractivity contribution in [3.8, 4) is 0 Å². The molecule has 1 N–H and O–H groups in total. The summed E-state index contributed by atoms with van der Waals surface area (Å²) in [7, 11) is 0. The van der Waals surface area contributed by atoms with Gasteiger partial charge in [0.15, 0.2) is 5.01 Å². The molecule has 108 valence electrons. The molecule has 1 aromatic heterocycles. The van der Waals surface area contributed by atoms with Gasteiger partial charge in [-0.3, -0.25) is 0 Å². The molecule has 0 spiro atoms. The standard InChI is InChI=1S/C14H14F3NOS/c1-8-3-9(2)5-10(4-8)6-11(19)12-7-18-13(20-12)14(15,16)17/h3-5,7,11,19H,6H2,1-2H3. The Hall–Kier alpha value is -1.40. The van der Waals surface area contributed by atoms with E-state index in [2.05, 4.69) is 4.98 Å². The second-order valence-corrected chi connectivity index (χ2v) is 5.84. The number of benzene rings is 1. The molecule has 0 aliphatic rings. The first kappa shape index (κ1) is 15.0. The maximum atomic E-state index is 12.5. The molecule has 0 bridgehead atoms. The van der Waals surface area contributed by atoms with E-state index in [1.54, 1.807) is 0 Å². The molecule has 1 atom stereocenters. The number of nitrogens with zero attached hydrogens (tertiary/aromatic N) is 1. The van der Waals surface area contributed by atoms with Crippen molar-refractivity contribution < 1.29 is 18.3 Å². The lowest BCUT2D eigenvalue weighted by molar-refractivity contribution is -0.137. The van der Waals surface area contributed by atoms with E-state index in [1.807, 2.05) is 32.0 Å². The molecule has 2 nitrogen and oxygen atoms in total. The number of thiazole rings is 1. The van der Waals surface area contributed by atoms with Crippen LogP contribution < -0.4 is 0 Å². The molecular formula is C14H14F3NOS. The average Bonchev–Trinajstić information content (AvgIpc) is 2.75. The summed E-state index contributed by atoms with van der Waals surface area (Å²) < 4.78 is 37.4. The monoisotopic (exact) mass is 301 g/mol. The predicted molar refractivity (Wildman–Crippen MR) is 71.7 cm³/mol. The van der Waals surface area contributed by atoms with Gasteiger partial charge in [-0.05, 0) is 19.4 Å². The Morgan fingerprint density at radius 2 is 1.80 bits per heavy atom. The number of halogens is 3. The quantitative estimate of drug-likeness (QED) is 0.927. The molecule has 0 radical (unpaired) electrons. The van der Waals surface area contributed by atoms with E-state index in [-0.39, 0.29) is 11.3 Å². The predicted octanol–water partition coefficient (Wildman–Crippen LogP) is 4.05. The smallest absolute Gasteiger partial charge is 0.387 e. The summed E-state index contributed by atoms with van der Waals surface area (Å²) in [5, 5.41) is 9.11. The Balaban J connectivity index is 2.15. The Morgan fingerprint density at radius 3 is 2.30 bits per heavy atom. The molecule has 0 fully saturated rings. The molecule has 20 heavy (non-hydrogen) atoms. The second kappa shape index (κ2) is 5.54. The van der Waals surface area contributed by atoms with Crippen molar-refractivity contribution >= 4 is 11.3 Å². The van der Waals surface area contributed by atoms with Gasteiger partial charge in [0.2, 0.25) is 0 Å². The molecule has 6 heteroatoms. The first-order valence-corrected chi connectivity index (χ1v) is 6.85. The fourth-order valence-corrected chi connectivity index (χ4v) is 2.85. The third-order valence-corrected chi connectivity index (χ3v) is 3.95. The number of aliphatic hydroxyl groups excluding tert-OH is 1. The summed E-state index contributed by atoms with van der Waals surface area (Å²) in [5.74, 6) is 0. The number of hydrogen-bond acceptors (Lipinski definition) is 3. The molecule has 0 saturated carbocycles. The van der Waals surface area contributed by atoms with Crippen LogP contribution in [0.3, 0.4) is 0 Å². The van der Waals surface area contributed by atoms with Crippen LogP contribution in [0.4, 0.5) is 13.2 Å². The molecule has 1 heterocycles. The minimum absolute atomic E-state index is 0.233. The van der Waals surface area contributed by atoms with Crippen LogP contribution >= 0.6 is 11.3 Å². The highest BCUT2D eigenvalue weighted by atomic mass is 32.1. The molecule has 0 aliphatic heterocycles. The summed E-state index contributed by atoms with van der Waals surface area (Å²) in [4.78, 5) is 3.55. The Kier molecular flexibility index (Phi) is 4.15. The number of aryl methyl sites for hydroxylation is 2. The third kappa shape index (κ3) is 3.58. The van der Waals surface area contributed by atoms with Gasteiger partial charge in [0.05, 0.1) is 11.0 Å². The highest BCUT2D eigenvalue weighted by Crippen LogP contribution is 2.35. The highest BCUT2D eigenvalue weighted by molar-refractivity contribution is 7.11. The van der Waals surface area contributed by atoms with E-state index >= 15 is 0 Å². The summed E-state index contributed by atoms with van der Waals surface area (Å²) in [6, 6.07) is 5.84. The minimum Gasteiger partial charge on any atom is -0.387 e. The van der Waals surface area contributed by atoms with Gasteiger partial charge in [-0.2, -0.15) is 13.2 Å². The van der Waals surface area contributed by atoms with Gasteiger partial charge in [0, 0.05) is 12.6 Å². The summed E-state index contributed by atoms with van der Waals surface area (Å²) in [5.41, 5.74) is 3.02. The number of aliphatic hydroxyl groups is 1. The molecule has 1 aromatic carbocycles. The zero-order chi connectivity index (χ0) is 14.9. The van der Waals surface area contributed by atoms with Crippen molar-refractivity contribution in [2.45, 2.75) is 32.5 Å². The van der Waals surface area contributed by atoms with Gasteiger partial charge < -0.3 is 5.11 Å². The zero-order valence-corrected chi connectivity index (χ0v) is 11.8. The van der Waals surface area contributed by atoms with Crippen molar-refractivity contribution in [2.24, 2.45) is 0 Å². The molecule has 0 amide bonds. The topological polar surface area (TPSA) is 33.1 Å². The van der Waals surface area contributed by atoms with Crippen molar-refractivity contribution in [3.05, 3.63) is 51.0 Å². The van der Waals surface area contributed by atoms with E-state index in [1.165, 1.54) is 0 Å². The largest absolute Gasteiger partial charge is 0.443 e. The fraction of sp³-hybridized carbons (Fsp3) is 0.357. The van der Waals surface area contributed by atoms with E-state index in [9.17, 15) is 18.3 Å². The summed E-state index contributed by atoms with van der Waals surface area (Å²) in [6.45, 7) is 3.88. The molecule has 0 saturated heterocycles. The maximum Gasteiger partial charge on any atom is 0.443 e. The Labute approximate surface area is 118 Å². The third-order valence-electron chi connectivity index (χ3n) is 2.81. The van der Waals surface area contributed by atoms with Crippen LogP contribution in [-0.2, 0) is 12.6 Å². The number of aromatic nitrogens is 1. The van der Waals surface area contributed by atoms with E-state index < -0.39 is 17.3 Å². The van der Waals surface area contributed by atoms with Crippen molar-refractivity contribution in [1.82, 2.24) is 4.98 Å². The first-order chi connectivity index (χ1) is 9.25. The lowest BCUT2D eigenvalue weighted by atomic mass is 10.0. The van der Waals surface area contributed by atoms with Crippen molar-refractivity contribution in [2.75, 3.05) is 0 Å². The first-order valence-electron chi connectivity index (χ1n) is 6.04. The van der Waals surface area contributed by atoms with Crippen LogP contribution in [0.25, 0.3) is 0 Å². The molecular weight excluding hydrogens is 287 g/mol. The number of rotatable bonds is 3. The van der Waals surface area contributed by atoms with Gasteiger partial charge in [0.25, 0.3) is 0 Å². The van der Waals surface area contributed by atoms with Crippen LogP contribution in [0.5, 0.6) is 0 Å². The summed E-state index contributed by atoms with van der Waals surface area (Å²) >= 11 is 0.489. The van der Waals surface area contributed by atoms with Gasteiger partial charge in [-0.25, -0.2) is 4.98 Å². The number of hydrogen-bond donors (Lipinski definition) is 1. The second-order valence-electron chi connectivity index (χ2n) is 4.78. The van der Waals surface area contributed by atoms with Crippen LogP contribution in [0.15, 0.2) is 24.4 Å². The van der Waals surface area contributed by atoms with Gasteiger partial charge >= 0.3 is 6.18 Å². The van der Waals surface area contributed by atoms with Gasteiger partial charge in [-0.15, -0.1) is 11.3 Å². The van der Waals surface area contributed by atoms with Crippen LogP contribution in [0.2, 0.25) is 0 Å². The van der Waals surface area contributed by atoms with Gasteiger partial charge in [0.1, 0.15) is 0 Å². The Morgan fingerprint density at radius 1 is 1.20 bits per heavy atom. The highest BCUT2D eigenvalue weighted by Gasteiger charge is 2.35. The zero-order valence-electron chi connectivity index (χ0n) is 11.0. The normalized spacial score (nSPS) is 13.5. The van der Waals surface area contributed by atoms with E-state index in [0.717, 1.165) is 22.9 Å². The molecule has 0 aliphatic carbocycles. The SMILES string of the molecule is Cc1cc(C)cc(CC(O)c2cnc(C(F)(F)F)s2)c1. The van der Waals surface area contributed by atoms with Crippen LogP contribution in [0, 0.1) is 13.8 Å². The molecule has 1 unspecified atom stereocenters. The van der Waals surface area contributed by atoms with E-state index in [0.29, 0.717) is 11.3 Å². The minimum atomic E-state index is -4.46. The average molecular weight is 301 g/mol. The van der Waals surface area contributed by atoms with Crippen molar-refractivity contribution in [1.29, 1.82) is 0 Å². The Bertz CT molecular complexity index is 586. The lowest BCUT2D eigenvalue weighted by Crippen LogP contribution is -2.03. The maximum absolute atomic E-state index is 12.5. The summed E-state index contributed by atoms with van der Waals surface area (Å²) in [6.07, 6.45) is -4.05. The van der Waals surface area contributed by atoms with E-state index in [4.69, 9.17) is 0 Å². The van der Waals surface area contributed by atoms with Gasteiger partial charge in [-0.1, -0.05) is 29.3 Å². The van der Waals surface area contributed by atoms with Crippen LogP contribution in [-0.4, -0.2) is 10.1 Å². The molecule has 2 rings (SSSR count). The molecule has 2 aromatic rings. The lowest BCUT2D eigenvalue weighted by Gasteiger charge is -2.10. The van der Waals surface area contributed by atoms with Crippen LogP contribution in [0.1, 0.15) is 32.7 Å². The van der Waals surface area contributed by atoms with Crippen molar-refractivity contribution in [3.63, 3.8) is 0 Å². The number of alkyl halides is 3.